The van der Waals surface area contributed by atoms with Gasteiger partial charge in [0.2, 0.25) is 0 Å². The van der Waals surface area contributed by atoms with Crippen LogP contribution in [-0.4, -0.2) is 23.7 Å². The highest BCUT2D eigenvalue weighted by molar-refractivity contribution is 6.09. The fraction of sp³-hybridized carbons (Fsp3) is 0.200. The van der Waals surface area contributed by atoms with Gasteiger partial charge in [-0.2, -0.15) is 13.2 Å². The maximum Gasteiger partial charge on any atom is 0.411 e. The normalized spacial score (nSPS) is 11.6. The number of fused-ring (bicyclic) bond motifs is 1. The van der Waals surface area contributed by atoms with E-state index in [4.69, 9.17) is 0 Å². The summed E-state index contributed by atoms with van der Waals surface area (Å²) >= 11 is 0. The Labute approximate surface area is 154 Å². The number of carbonyl (C=O) groups excluding carboxylic acids is 1. The van der Waals surface area contributed by atoms with Crippen molar-refractivity contribution in [3.63, 3.8) is 0 Å². The van der Waals surface area contributed by atoms with Gasteiger partial charge >= 0.3 is 6.18 Å². The first-order valence-corrected chi connectivity index (χ1v) is 8.22. The highest BCUT2D eigenvalue weighted by Crippen LogP contribution is 2.25. The fourth-order valence-electron chi connectivity index (χ4n) is 2.65. The van der Waals surface area contributed by atoms with E-state index in [1.807, 2.05) is 25.1 Å². The average molecular weight is 374 g/mol. The van der Waals surface area contributed by atoms with Crippen LogP contribution in [0.2, 0.25) is 0 Å². The minimum atomic E-state index is -4.36. The summed E-state index contributed by atoms with van der Waals surface area (Å²) in [7, 11) is 0. The van der Waals surface area contributed by atoms with E-state index in [-0.39, 0.29) is 12.5 Å². The number of hydrogen-bond acceptors (Lipinski definition) is 3. The first kappa shape index (κ1) is 18.8. The van der Waals surface area contributed by atoms with Gasteiger partial charge in [-0.25, -0.2) is 0 Å². The third-order valence-corrected chi connectivity index (χ3v) is 3.97. The molecule has 7 heteroatoms. The van der Waals surface area contributed by atoms with Crippen LogP contribution in [0.1, 0.15) is 21.5 Å². The third kappa shape index (κ3) is 4.83. The minimum absolute atomic E-state index is 0.171. The smallest absolute Gasteiger partial charge is 0.367 e. The topological polar surface area (TPSA) is 51.2 Å². The molecule has 0 radical (unpaired) electrons. The van der Waals surface area contributed by atoms with Crippen LogP contribution < -0.4 is 5.32 Å². The number of nitrogens with zero attached hydrogens (tertiary/aromatic N) is 1. The van der Waals surface area contributed by atoms with E-state index in [1.54, 1.807) is 36.5 Å². The van der Waals surface area contributed by atoms with E-state index >= 15 is 0 Å². The second-order valence-electron chi connectivity index (χ2n) is 6.09. The van der Waals surface area contributed by atoms with E-state index < -0.39 is 12.8 Å². The van der Waals surface area contributed by atoms with Crippen LogP contribution in [0, 0.1) is 6.92 Å². The zero-order valence-electron chi connectivity index (χ0n) is 14.5. The first-order valence-electron chi connectivity index (χ1n) is 8.22. The van der Waals surface area contributed by atoms with Crippen LogP contribution in [0.3, 0.4) is 0 Å². The van der Waals surface area contributed by atoms with Crippen molar-refractivity contribution < 1.29 is 22.7 Å². The lowest BCUT2D eigenvalue weighted by Gasteiger charge is -2.11. The zero-order valence-corrected chi connectivity index (χ0v) is 14.5. The standard InChI is InChI=1S/C20H17F3N2O2/c1-13-4-9-17(16-3-2-10-24-18(13)16)25-19(26)15-7-5-14(6-8-15)11-27-12-20(21,22)23/h2-10H,11-12H2,1H3,(H,25,26). The molecule has 0 aliphatic heterocycles. The number of alkyl halides is 3. The number of anilines is 1. The van der Waals surface area contributed by atoms with Gasteiger partial charge in [-0.1, -0.05) is 18.2 Å². The van der Waals surface area contributed by atoms with Crippen molar-refractivity contribution in [1.82, 2.24) is 4.98 Å². The molecule has 0 saturated heterocycles. The number of amides is 1. The summed E-state index contributed by atoms with van der Waals surface area (Å²) in [5.41, 5.74) is 3.42. The number of carbonyl (C=O) groups is 1. The van der Waals surface area contributed by atoms with Crippen molar-refractivity contribution in [2.24, 2.45) is 0 Å². The van der Waals surface area contributed by atoms with Crippen LogP contribution >= 0.6 is 0 Å². The lowest BCUT2D eigenvalue weighted by atomic mass is 10.1. The number of benzene rings is 2. The molecule has 0 spiro atoms. The molecule has 0 bridgehead atoms. The number of halogens is 3. The Morgan fingerprint density at radius 1 is 1.11 bits per heavy atom. The Kier molecular flexibility index (Phi) is 5.41. The summed E-state index contributed by atoms with van der Waals surface area (Å²) in [6.45, 7) is 0.472. The number of aryl methyl sites for hydroxylation is 1. The summed E-state index contributed by atoms with van der Waals surface area (Å²) in [5.74, 6) is -0.313. The Morgan fingerprint density at radius 2 is 1.85 bits per heavy atom. The molecule has 0 aliphatic carbocycles. The lowest BCUT2D eigenvalue weighted by Crippen LogP contribution is -2.16. The summed E-state index contributed by atoms with van der Waals surface area (Å²) in [6, 6.07) is 13.6. The van der Waals surface area contributed by atoms with Gasteiger partial charge in [-0.3, -0.25) is 9.78 Å². The summed E-state index contributed by atoms with van der Waals surface area (Å²) in [4.78, 5) is 16.8. The van der Waals surface area contributed by atoms with Crippen molar-refractivity contribution in [1.29, 1.82) is 0 Å². The number of hydrogen-bond donors (Lipinski definition) is 1. The molecule has 1 amide bonds. The number of rotatable bonds is 5. The number of ether oxygens (including phenoxy) is 1. The van der Waals surface area contributed by atoms with Gasteiger partial charge < -0.3 is 10.1 Å². The quantitative estimate of drug-likeness (QED) is 0.693. The van der Waals surface area contributed by atoms with Crippen LogP contribution in [-0.2, 0) is 11.3 Å². The third-order valence-electron chi connectivity index (χ3n) is 3.97. The van der Waals surface area contributed by atoms with Crippen molar-refractivity contribution in [2.45, 2.75) is 19.7 Å². The molecule has 2 aromatic carbocycles. The molecule has 3 rings (SSSR count). The molecule has 3 aromatic rings. The molecule has 0 aliphatic rings. The van der Waals surface area contributed by atoms with Crippen LogP contribution in [0.5, 0.6) is 0 Å². The Hall–Kier alpha value is -2.93. The van der Waals surface area contributed by atoms with E-state index in [2.05, 4.69) is 15.0 Å². The van der Waals surface area contributed by atoms with Crippen molar-refractivity contribution in [3.05, 3.63) is 71.4 Å². The largest absolute Gasteiger partial charge is 0.411 e. The first-order chi connectivity index (χ1) is 12.8. The van der Waals surface area contributed by atoms with Gasteiger partial charge in [-0.15, -0.1) is 0 Å². The summed E-state index contributed by atoms with van der Waals surface area (Å²) in [6.07, 6.45) is -2.66. The van der Waals surface area contributed by atoms with Crippen LogP contribution in [0.25, 0.3) is 10.9 Å². The molecule has 0 fully saturated rings. The van der Waals surface area contributed by atoms with Crippen LogP contribution in [0.15, 0.2) is 54.7 Å². The Bertz CT molecular complexity index is 954. The Morgan fingerprint density at radius 3 is 2.56 bits per heavy atom. The molecule has 140 valence electrons. The van der Waals surface area contributed by atoms with Gasteiger partial charge in [0.05, 0.1) is 17.8 Å². The maximum absolute atomic E-state index is 12.5. The van der Waals surface area contributed by atoms with Gasteiger partial charge in [0.1, 0.15) is 6.61 Å². The highest BCUT2D eigenvalue weighted by Gasteiger charge is 2.27. The minimum Gasteiger partial charge on any atom is -0.367 e. The molecule has 1 N–H and O–H groups in total. The summed E-state index contributed by atoms with van der Waals surface area (Å²) in [5, 5.41) is 3.69. The number of pyridine rings is 1. The van der Waals surface area contributed by atoms with Crippen molar-refractivity contribution in [2.75, 3.05) is 11.9 Å². The second-order valence-corrected chi connectivity index (χ2v) is 6.09. The number of aromatic nitrogens is 1. The predicted octanol–water partition coefficient (Wildman–Crippen LogP) is 4.87. The molecule has 4 nitrogen and oxygen atoms in total. The molecule has 0 saturated carbocycles. The second kappa shape index (κ2) is 7.75. The molecule has 27 heavy (non-hydrogen) atoms. The molecule has 1 heterocycles. The van der Waals surface area contributed by atoms with Crippen molar-refractivity contribution in [3.8, 4) is 0 Å². The SMILES string of the molecule is Cc1ccc(NC(=O)c2ccc(COCC(F)(F)F)cc2)c2cccnc12. The van der Waals surface area contributed by atoms with E-state index in [0.717, 1.165) is 16.5 Å². The molecule has 0 unspecified atom stereocenters. The average Bonchev–Trinajstić information content (AvgIpc) is 2.64. The summed E-state index contributed by atoms with van der Waals surface area (Å²) < 4.78 is 40.9. The van der Waals surface area contributed by atoms with Gasteiger partial charge in [0, 0.05) is 17.1 Å². The monoisotopic (exact) mass is 374 g/mol. The molecule has 0 atom stereocenters. The number of nitrogens with one attached hydrogen (secondary N) is 1. The van der Waals surface area contributed by atoms with Gasteiger partial charge in [0.15, 0.2) is 0 Å². The predicted molar refractivity (Wildman–Crippen MR) is 96.6 cm³/mol. The van der Waals surface area contributed by atoms with Crippen molar-refractivity contribution >= 4 is 22.5 Å². The van der Waals surface area contributed by atoms with Gasteiger partial charge in [0.25, 0.3) is 5.91 Å². The fourth-order valence-corrected chi connectivity index (χ4v) is 2.65. The van der Waals surface area contributed by atoms with E-state index in [1.165, 1.54) is 0 Å². The zero-order chi connectivity index (χ0) is 19.4. The molecule has 1 aromatic heterocycles. The Balaban J connectivity index is 1.69. The van der Waals surface area contributed by atoms with Gasteiger partial charge in [-0.05, 0) is 48.4 Å². The van der Waals surface area contributed by atoms with E-state index in [9.17, 15) is 18.0 Å². The van der Waals surface area contributed by atoms with Crippen LogP contribution in [0.4, 0.5) is 18.9 Å². The lowest BCUT2D eigenvalue weighted by molar-refractivity contribution is -0.176. The molecular formula is C20H17F3N2O2. The van der Waals surface area contributed by atoms with E-state index in [0.29, 0.717) is 16.8 Å². The molecular weight excluding hydrogens is 357 g/mol. The maximum atomic E-state index is 12.5. The highest BCUT2D eigenvalue weighted by atomic mass is 19.4.